The third kappa shape index (κ3) is 4.26. The van der Waals surface area contributed by atoms with Crippen LogP contribution >= 0.6 is 0 Å². The van der Waals surface area contributed by atoms with E-state index >= 15 is 0 Å². The summed E-state index contributed by atoms with van der Waals surface area (Å²) in [6, 6.07) is 0.908. The molecule has 0 aliphatic heterocycles. The number of carboxylic acids is 1. The van der Waals surface area contributed by atoms with Crippen LogP contribution in [0, 0.1) is 5.92 Å². The number of nitrogens with one attached hydrogen (secondary N) is 1. The molecule has 0 aliphatic rings. The van der Waals surface area contributed by atoms with Crippen LogP contribution in [0.15, 0.2) is 12.3 Å². The molecule has 1 aromatic heterocycles. The second kappa shape index (κ2) is 6.03. The molecule has 0 aliphatic carbocycles. The van der Waals surface area contributed by atoms with E-state index in [0.717, 1.165) is 0 Å². The van der Waals surface area contributed by atoms with Gasteiger partial charge in [-0.15, -0.1) is 0 Å². The van der Waals surface area contributed by atoms with E-state index in [0.29, 0.717) is 12.3 Å². The van der Waals surface area contributed by atoms with Crippen LogP contribution in [0.5, 0.6) is 5.88 Å². The van der Waals surface area contributed by atoms with Crippen LogP contribution in [0.3, 0.4) is 0 Å². The molecule has 17 heavy (non-hydrogen) atoms. The van der Waals surface area contributed by atoms with E-state index in [1.54, 1.807) is 6.07 Å². The van der Waals surface area contributed by atoms with Crippen molar-refractivity contribution in [2.75, 3.05) is 12.4 Å². The van der Waals surface area contributed by atoms with Gasteiger partial charge in [-0.25, -0.2) is 9.78 Å². The number of carboxylic acid groups (broad SMARTS) is 1. The smallest absolute Gasteiger partial charge is 0.326 e. The molecule has 1 rings (SSSR count). The average molecular weight is 239 g/mol. The van der Waals surface area contributed by atoms with E-state index in [-0.39, 0.29) is 11.9 Å². The molecule has 0 spiro atoms. The largest absolute Gasteiger partial charge is 0.481 e. The van der Waals surface area contributed by atoms with Crippen LogP contribution in [-0.2, 0) is 4.79 Å². The van der Waals surface area contributed by atoms with Crippen molar-refractivity contribution in [1.29, 1.82) is 0 Å². The Morgan fingerprint density at radius 1 is 1.59 bits per heavy atom. The fourth-order valence-electron chi connectivity index (χ4n) is 1.37. The molecular formula is C11H17N3O3. The molecule has 1 atom stereocenters. The van der Waals surface area contributed by atoms with Gasteiger partial charge in [0.25, 0.3) is 0 Å². The number of rotatable bonds is 6. The summed E-state index contributed by atoms with van der Waals surface area (Å²) < 4.78 is 4.94. The topological polar surface area (TPSA) is 84.3 Å². The highest BCUT2D eigenvalue weighted by Gasteiger charge is 2.19. The van der Waals surface area contributed by atoms with Crippen molar-refractivity contribution in [1.82, 2.24) is 9.97 Å². The molecule has 0 saturated heterocycles. The molecule has 6 heteroatoms. The molecule has 2 N–H and O–H groups in total. The van der Waals surface area contributed by atoms with Gasteiger partial charge in [0, 0.05) is 12.3 Å². The van der Waals surface area contributed by atoms with Crippen molar-refractivity contribution in [2.45, 2.75) is 26.3 Å². The fraction of sp³-hybridized carbons (Fsp3) is 0.545. The number of aliphatic carboxylic acids is 1. The lowest BCUT2D eigenvalue weighted by Crippen LogP contribution is -2.31. The van der Waals surface area contributed by atoms with Gasteiger partial charge in [0.1, 0.15) is 6.04 Å². The number of anilines is 1. The molecular weight excluding hydrogens is 222 g/mol. The Balaban J connectivity index is 2.74. The Hall–Kier alpha value is -1.85. The predicted molar refractivity (Wildman–Crippen MR) is 63.1 cm³/mol. The lowest BCUT2D eigenvalue weighted by atomic mass is 10.0. The number of carbonyl (C=O) groups is 1. The Kier molecular flexibility index (Phi) is 4.68. The highest BCUT2D eigenvalue weighted by molar-refractivity contribution is 5.76. The van der Waals surface area contributed by atoms with E-state index in [9.17, 15) is 4.79 Å². The van der Waals surface area contributed by atoms with Gasteiger partial charge in [-0.3, -0.25) is 0 Å². The highest BCUT2D eigenvalue weighted by atomic mass is 16.5. The number of nitrogens with zero attached hydrogens (tertiary/aromatic N) is 2. The summed E-state index contributed by atoms with van der Waals surface area (Å²) in [6.07, 6.45) is 2.03. The minimum absolute atomic E-state index is 0.261. The minimum atomic E-state index is -0.912. The first-order valence-corrected chi connectivity index (χ1v) is 5.39. The molecule has 1 heterocycles. The summed E-state index contributed by atoms with van der Waals surface area (Å²) >= 11 is 0. The maximum atomic E-state index is 11.0. The highest BCUT2D eigenvalue weighted by Crippen LogP contribution is 2.12. The van der Waals surface area contributed by atoms with Crippen molar-refractivity contribution < 1.29 is 14.6 Å². The molecule has 0 amide bonds. The van der Waals surface area contributed by atoms with Gasteiger partial charge in [-0.2, -0.15) is 4.98 Å². The molecule has 0 saturated carbocycles. The molecule has 0 unspecified atom stereocenters. The number of aromatic nitrogens is 2. The Morgan fingerprint density at radius 2 is 2.29 bits per heavy atom. The maximum Gasteiger partial charge on any atom is 0.326 e. The monoisotopic (exact) mass is 239 g/mol. The average Bonchev–Trinajstić information content (AvgIpc) is 2.27. The summed E-state index contributed by atoms with van der Waals surface area (Å²) in [5.41, 5.74) is 0. The van der Waals surface area contributed by atoms with Crippen LogP contribution in [0.1, 0.15) is 20.3 Å². The standard InChI is InChI=1S/C11H17N3O3/c1-7(2)6-8(10(15)16)13-11-12-5-4-9(14-11)17-3/h4-5,7-8H,6H2,1-3H3,(H,15,16)(H,12,13,14)/t8-/m1/s1. The van der Waals surface area contributed by atoms with Crippen LogP contribution in [0.25, 0.3) is 0 Å². The van der Waals surface area contributed by atoms with Gasteiger partial charge in [-0.1, -0.05) is 13.8 Å². The van der Waals surface area contributed by atoms with Crippen LogP contribution in [-0.4, -0.2) is 34.2 Å². The molecule has 0 aromatic carbocycles. The van der Waals surface area contributed by atoms with Crippen LogP contribution in [0.4, 0.5) is 5.95 Å². The van der Waals surface area contributed by atoms with Gasteiger partial charge < -0.3 is 15.2 Å². The molecule has 0 radical (unpaired) electrons. The van der Waals surface area contributed by atoms with Crippen LogP contribution in [0.2, 0.25) is 0 Å². The van der Waals surface area contributed by atoms with E-state index in [1.807, 2.05) is 13.8 Å². The van der Waals surface area contributed by atoms with Gasteiger partial charge in [-0.05, 0) is 12.3 Å². The third-order valence-corrected chi connectivity index (χ3v) is 2.15. The first kappa shape index (κ1) is 13.2. The fourth-order valence-corrected chi connectivity index (χ4v) is 1.37. The van der Waals surface area contributed by atoms with E-state index in [4.69, 9.17) is 9.84 Å². The summed E-state index contributed by atoms with van der Waals surface area (Å²) in [4.78, 5) is 19.0. The number of hydrogen-bond acceptors (Lipinski definition) is 5. The van der Waals surface area contributed by atoms with Gasteiger partial charge >= 0.3 is 5.97 Å². The second-order valence-corrected chi connectivity index (χ2v) is 4.09. The normalized spacial score (nSPS) is 12.2. The predicted octanol–water partition coefficient (Wildman–Crippen LogP) is 1.40. The zero-order valence-electron chi connectivity index (χ0n) is 10.2. The van der Waals surface area contributed by atoms with Crippen LogP contribution < -0.4 is 10.1 Å². The van der Waals surface area contributed by atoms with Gasteiger partial charge in [0.2, 0.25) is 11.8 Å². The van der Waals surface area contributed by atoms with Crippen molar-refractivity contribution in [3.8, 4) is 5.88 Å². The van der Waals surface area contributed by atoms with Crippen molar-refractivity contribution in [2.24, 2.45) is 5.92 Å². The quantitative estimate of drug-likeness (QED) is 0.780. The lowest BCUT2D eigenvalue weighted by Gasteiger charge is -2.16. The van der Waals surface area contributed by atoms with Crippen molar-refractivity contribution in [3.63, 3.8) is 0 Å². The molecule has 6 nitrogen and oxygen atoms in total. The minimum Gasteiger partial charge on any atom is -0.481 e. The molecule has 0 fully saturated rings. The Bertz CT molecular complexity index is 382. The van der Waals surface area contributed by atoms with E-state index < -0.39 is 12.0 Å². The first-order valence-electron chi connectivity index (χ1n) is 5.39. The van der Waals surface area contributed by atoms with Crippen molar-refractivity contribution >= 4 is 11.9 Å². The zero-order valence-corrected chi connectivity index (χ0v) is 10.2. The SMILES string of the molecule is COc1ccnc(N[C@H](CC(C)C)C(=O)O)n1. The van der Waals surface area contributed by atoms with Gasteiger partial charge in [0.15, 0.2) is 0 Å². The lowest BCUT2D eigenvalue weighted by molar-refractivity contribution is -0.138. The molecule has 94 valence electrons. The number of ether oxygens (including phenoxy) is 1. The summed E-state index contributed by atoms with van der Waals surface area (Å²) in [7, 11) is 1.49. The second-order valence-electron chi connectivity index (χ2n) is 4.09. The molecule has 1 aromatic rings. The van der Waals surface area contributed by atoms with E-state index in [2.05, 4.69) is 15.3 Å². The molecule has 0 bridgehead atoms. The van der Waals surface area contributed by atoms with E-state index in [1.165, 1.54) is 13.3 Å². The number of hydrogen-bond donors (Lipinski definition) is 2. The van der Waals surface area contributed by atoms with Crippen molar-refractivity contribution in [3.05, 3.63) is 12.3 Å². The summed E-state index contributed by atoms with van der Waals surface area (Å²) in [5.74, 6) is 0.0212. The summed E-state index contributed by atoms with van der Waals surface area (Å²) in [6.45, 7) is 3.92. The number of methoxy groups -OCH3 is 1. The third-order valence-electron chi connectivity index (χ3n) is 2.15. The Labute approximate surface area is 100 Å². The zero-order chi connectivity index (χ0) is 12.8. The van der Waals surface area contributed by atoms with Gasteiger partial charge in [0.05, 0.1) is 7.11 Å². The maximum absolute atomic E-state index is 11.0. The Morgan fingerprint density at radius 3 is 2.82 bits per heavy atom. The first-order chi connectivity index (χ1) is 8.02. The summed E-state index contributed by atoms with van der Waals surface area (Å²) in [5, 5.41) is 11.8.